The molecule has 1 heterocycles. The van der Waals surface area contributed by atoms with Gasteiger partial charge in [0.2, 0.25) is 0 Å². The molecule has 0 saturated carbocycles. The summed E-state index contributed by atoms with van der Waals surface area (Å²) in [7, 11) is 1.66. The number of hydrogen-bond donors (Lipinski definition) is 0. The van der Waals surface area contributed by atoms with Crippen molar-refractivity contribution in [3.05, 3.63) is 0 Å². The molecule has 0 bridgehead atoms. The van der Waals surface area contributed by atoms with Gasteiger partial charge < -0.3 is 28.4 Å². The van der Waals surface area contributed by atoms with Crippen LogP contribution in [-0.4, -0.2) is 70.9 Å². The number of hydrogen-bond acceptors (Lipinski definition) is 6. The molecule has 3 unspecified atom stereocenters. The second-order valence-corrected chi connectivity index (χ2v) is 7.42. The molecular formula is C22H44O6. The Kier molecular flexibility index (Phi) is 15.2. The van der Waals surface area contributed by atoms with Gasteiger partial charge in [0.15, 0.2) is 6.29 Å². The lowest BCUT2D eigenvalue weighted by atomic mass is 9.98. The van der Waals surface area contributed by atoms with Gasteiger partial charge in [-0.25, -0.2) is 0 Å². The third-order valence-electron chi connectivity index (χ3n) is 4.88. The van der Waals surface area contributed by atoms with Crippen molar-refractivity contribution in [1.82, 2.24) is 0 Å². The first-order valence-electron chi connectivity index (χ1n) is 11.3. The first-order chi connectivity index (χ1) is 13.7. The highest BCUT2D eigenvalue weighted by molar-refractivity contribution is 4.93. The Labute approximate surface area is 172 Å². The van der Waals surface area contributed by atoms with E-state index in [0.717, 1.165) is 44.9 Å². The molecule has 28 heavy (non-hydrogen) atoms. The average molecular weight is 405 g/mol. The van der Waals surface area contributed by atoms with Crippen molar-refractivity contribution in [3.63, 3.8) is 0 Å². The minimum Gasteiger partial charge on any atom is -0.379 e. The average Bonchev–Trinajstić information content (AvgIpc) is 2.70. The van der Waals surface area contributed by atoms with E-state index in [0.29, 0.717) is 33.0 Å². The van der Waals surface area contributed by atoms with Gasteiger partial charge in [-0.1, -0.05) is 47.0 Å². The molecule has 0 aromatic rings. The van der Waals surface area contributed by atoms with Crippen LogP contribution in [0.3, 0.4) is 0 Å². The molecule has 0 aliphatic carbocycles. The van der Waals surface area contributed by atoms with Gasteiger partial charge in [-0.05, 0) is 25.7 Å². The normalized spacial score (nSPS) is 28.0. The molecule has 1 saturated heterocycles. The van der Waals surface area contributed by atoms with Crippen molar-refractivity contribution in [2.75, 3.05) is 40.1 Å². The third kappa shape index (κ3) is 9.06. The molecule has 168 valence electrons. The molecule has 1 aliphatic heterocycles. The Morgan fingerprint density at radius 3 is 1.68 bits per heavy atom. The number of rotatable bonds is 17. The Morgan fingerprint density at radius 2 is 1.18 bits per heavy atom. The molecule has 1 fully saturated rings. The highest BCUT2D eigenvalue weighted by Crippen LogP contribution is 2.29. The zero-order chi connectivity index (χ0) is 20.6. The summed E-state index contributed by atoms with van der Waals surface area (Å²) in [5, 5.41) is 0. The molecule has 6 heteroatoms. The second kappa shape index (κ2) is 16.5. The highest BCUT2D eigenvalue weighted by atomic mass is 16.7. The lowest BCUT2D eigenvalue weighted by Crippen LogP contribution is -2.62. The highest BCUT2D eigenvalue weighted by Gasteiger charge is 2.48. The zero-order valence-electron chi connectivity index (χ0n) is 18.8. The largest absolute Gasteiger partial charge is 0.379 e. The van der Waals surface area contributed by atoms with Gasteiger partial charge in [0.1, 0.15) is 24.4 Å². The van der Waals surface area contributed by atoms with Crippen LogP contribution in [0.1, 0.15) is 72.6 Å². The van der Waals surface area contributed by atoms with Crippen molar-refractivity contribution in [2.24, 2.45) is 0 Å². The van der Waals surface area contributed by atoms with E-state index in [4.69, 9.17) is 28.4 Å². The fourth-order valence-corrected chi connectivity index (χ4v) is 3.20. The number of methoxy groups -OCH3 is 1. The summed E-state index contributed by atoms with van der Waals surface area (Å²) >= 11 is 0. The van der Waals surface area contributed by atoms with Gasteiger partial charge >= 0.3 is 0 Å². The Morgan fingerprint density at radius 1 is 0.643 bits per heavy atom. The minimum absolute atomic E-state index is 0.224. The summed E-state index contributed by atoms with van der Waals surface area (Å²) in [5.74, 6) is 0. The van der Waals surface area contributed by atoms with Crippen molar-refractivity contribution in [1.29, 1.82) is 0 Å². The van der Waals surface area contributed by atoms with E-state index in [1.54, 1.807) is 7.11 Å². The summed E-state index contributed by atoms with van der Waals surface area (Å²) in [6, 6.07) is 0. The Hall–Kier alpha value is -0.240. The van der Waals surface area contributed by atoms with Crippen LogP contribution in [-0.2, 0) is 28.4 Å². The van der Waals surface area contributed by atoms with E-state index in [1.165, 1.54) is 0 Å². The molecule has 1 rings (SSSR count). The fourth-order valence-electron chi connectivity index (χ4n) is 3.20. The molecule has 0 spiro atoms. The smallest absolute Gasteiger partial charge is 0.186 e. The van der Waals surface area contributed by atoms with Crippen molar-refractivity contribution >= 4 is 0 Å². The van der Waals surface area contributed by atoms with Crippen LogP contribution in [0.5, 0.6) is 0 Å². The van der Waals surface area contributed by atoms with Crippen molar-refractivity contribution in [2.45, 2.75) is 103 Å². The molecule has 0 amide bonds. The lowest BCUT2D eigenvalue weighted by Gasteiger charge is -2.45. The van der Waals surface area contributed by atoms with Crippen LogP contribution in [0.25, 0.3) is 0 Å². The maximum Gasteiger partial charge on any atom is 0.186 e. The third-order valence-corrected chi connectivity index (χ3v) is 4.88. The number of ether oxygens (including phenoxy) is 6. The van der Waals surface area contributed by atoms with Gasteiger partial charge in [-0.2, -0.15) is 0 Å². The topological polar surface area (TPSA) is 55.4 Å². The van der Waals surface area contributed by atoms with Crippen LogP contribution in [0.4, 0.5) is 0 Å². The fraction of sp³-hybridized carbons (Fsp3) is 1.00. The monoisotopic (exact) mass is 404 g/mol. The zero-order valence-corrected chi connectivity index (χ0v) is 18.8. The summed E-state index contributed by atoms with van der Waals surface area (Å²) in [6.07, 6.45) is 5.78. The van der Waals surface area contributed by atoms with Crippen LogP contribution in [0.15, 0.2) is 0 Å². The van der Waals surface area contributed by atoms with Crippen molar-refractivity contribution < 1.29 is 28.4 Å². The summed E-state index contributed by atoms with van der Waals surface area (Å²) in [6.45, 7) is 11.8. The van der Waals surface area contributed by atoms with Gasteiger partial charge in [-0.15, -0.1) is 0 Å². The Bertz CT molecular complexity index is 354. The predicted octanol–water partition coefficient (Wildman–Crippen LogP) is 4.34. The van der Waals surface area contributed by atoms with Crippen LogP contribution < -0.4 is 0 Å². The van der Waals surface area contributed by atoms with E-state index < -0.39 is 6.29 Å². The molecule has 0 aromatic carbocycles. The molecule has 5 atom stereocenters. The van der Waals surface area contributed by atoms with Crippen LogP contribution >= 0.6 is 0 Å². The van der Waals surface area contributed by atoms with E-state index in [9.17, 15) is 0 Å². The van der Waals surface area contributed by atoms with E-state index in [-0.39, 0.29) is 24.4 Å². The van der Waals surface area contributed by atoms with Gasteiger partial charge in [0, 0.05) is 33.5 Å². The summed E-state index contributed by atoms with van der Waals surface area (Å²) in [5.41, 5.74) is 0. The predicted molar refractivity (Wildman–Crippen MR) is 111 cm³/mol. The standard InChI is InChI=1S/C22H44O6/c1-6-10-14-25-19-18(17-24-13-9-4)28-22(23-5)21(27-16-12-8-3)20(19)26-15-11-7-2/h18-22H,6-17H2,1-5H3/t18?,19-,20?,21?,22-/m0/s1. The summed E-state index contributed by atoms with van der Waals surface area (Å²) in [4.78, 5) is 0. The molecular weight excluding hydrogens is 360 g/mol. The van der Waals surface area contributed by atoms with E-state index >= 15 is 0 Å². The van der Waals surface area contributed by atoms with E-state index in [2.05, 4.69) is 27.7 Å². The SMILES string of the molecule is CCCCOC1C(OCCCC)[C@@H](OCCCC)C(COCCC)O[C@@H]1OC. The summed E-state index contributed by atoms with van der Waals surface area (Å²) < 4.78 is 36.4. The molecule has 6 nitrogen and oxygen atoms in total. The maximum absolute atomic E-state index is 6.31. The van der Waals surface area contributed by atoms with Gasteiger partial charge in [-0.3, -0.25) is 0 Å². The molecule has 0 N–H and O–H groups in total. The molecule has 1 aliphatic rings. The first-order valence-corrected chi connectivity index (χ1v) is 11.3. The van der Waals surface area contributed by atoms with Crippen LogP contribution in [0.2, 0.25) is 0 Å². The Balaban J connectivity index is 2.94. The van der Waals surface area contributed by atoms with Gasteiger partial charge in [0.05, 0.1) is 6.61 Å². The molecule has 0 radical (unpaired) electrons. The van der Waals surface area contributed by atoms with Crippen molar-refractivity contribution in [3.8, 4) is 0 Å². The first kappa shape index (κ1) is 25.8. The van der Waals surface area contributed by atoms with Gasteiger partial charge in [0.25, 0.3) is 0 Å². The minimum atomic E-state index is -0.482. The lowest BCUT2D eigenvalue weighted by molar-refractivity contribution is -0.318. The van der Waals surface area contributed by atoms with Crippen LogP contribution in [0, 0.1) is 0 Å². The maximum atomic E-state index is 6.31. The van der Waals surface area contributed by atoms with E-state index in [1.807, 2.05) is 0 Å². The quantitative estimate of drug-likeness (QED) is 0.336. The number of unbranched alkanes of at least 4 members (excludes halogenated alkanes) is 3. The molecule has 0 aromatic heterocycles. The second-order valence-electron chi connectivity index (χ2n) is 7.42.